The second-order valence-corrected chi connectivity index (χ2v) is 10.3. The van der Waals surface area contributed by atoms with Crippen LogP contribution < -0.4 is 10.9 Å². The third-order valence-corrected chi connectivity index (χ3v) is 6.95. The number of carbonyl (C=O) groups is 1. The Morgan fingerprint density at radius 3 is 2.29 bits per heavy atom. The normalized spacial score (nSPS) is 19.7. The van der Waals surface area contributed by atoms with Gasteiger partial charge in [0.1, 0.15) is 0 Å². The molecule has 35 heavy (non-hydrogen) atoms. The second kappa shape index (κ2) is 9.70. The summed E-state index contributed by atoms with van der Waals surface area (Å²) in [4.78, 5) is 27.1. The molecule has 4 rings (SSSR count). The number of nitrogens with zero attached hydrogens (tertiary/aromatic N) is 2. The van der Waals surface area contributed by atoms with Crippen molar-refractivity contribution < 1.29 is 9.90 Å². The molecule has 2 atom stereocenters. The van der Waals surface area contributed by atoms with Crippen molar-refractivity contribution >= 4 is 6.03 Å². The maximum Gasteiger partial charge on any atom is 0.318 e. The Bertz CT molecular complexity index is 1230. The van der Waals surface area contributed by atoms with Crippen LogP contribution in [0, 0.1) is 0 Å². The molecule has 3 aromatic rings. The molecule has 2 heterocycles. The quantitative estimate of drug-likeness (QED) is 0.531. The van der Waals surface area contributed by atoms with Gasteiger partial charge >= 0.3 is 6.03 Å². The summed E-state index contributed by atoms with van der Waals surface area (Å²) in [5.74, 6) is 0. The lowest BCUT2D eigenvalue weighted by atomic mass is 9.77. The van der Waals surface area contributed by atoms with E-state index in [1.807, 2.05) is 78.7 Å². The first-order valence-corrected chi connectivity index (χ1v) is 12.2. The van der Waals surface area contributed by atoms with Crippen LogP contribution in [0.15, 0.2) is 77.7 Å². The van der Waals surface area contributed by atoms with Crippen molar-refractivity contribution in [2.75, 3.05) is 6.54 Å². The van der Waals surface area contributed by atoms with Gasteiger partial charge in [-0.15, -0.1) is 0 Å². The van der Waals surface area contributed by atoms with Gasteiger partial charge in [-0.2, -0.15) is 0 Å². The van der Waals surface area contributed by atoms with Gasteiger partial charge in [-0.3, -0.25) is 4.79 Å². The summed E-state index contributed by atoms with van der Waals surface area (Å²) in [5.41, 5.74) is 2.46. The molecule has 6 nitrogen and oxygen atoms in total. The fourth-order valence-corrected chi connectivity index (χ4v) is 5.21. The van der Waals surface area contributed by atoms with Gasteiger partial charge < -0.3 is 19.9 Å². The highest BCUT2D eigenvalue weighted by molar-refractivity contribution is 5.76. The first kappa shape index (κ1) is 24.7. The van der Waals surface area contributed by atoms with E-state index in [2.05, 4.69) is 5.32 Å². The largest absolute Gasteiger partial charge is 0.390 e. The highest BCUT2D eigenvalue weighted by atomic mass is 16.3. The first-order valence-electron chi connectivity index (χ1n) is 12.2. The molecule has 1 aromatic heterocycles. The number of benzene rings is 2. The predicted octanol–water partition coefficient (Wildman–Crippen LogP) is 4.98. The molecule has 1 fully saturated rings. The number of hydrogen-bond donors (Lipinski definition) is 2. The van der Waals surface area contributed by atoms with Crippen LogP contribution in [-0.4, -0.2) is 32.8 Å². The average Bonchev–Trinajstić information content (AvgIpc) is 2.99. The van der Waals surface area contributed by atoms with Crippen LogP contribution in [0.25, 0.3) is 11.1 Å². The Kier molecular flexibility index (Phi) is 6.86. The zero-order valence-corrected chi connectivity index (χ0v) is 21.0. The number of aromatic nitrogens is 1. The molecule has 0 saturated carbocycles. The number of rotatable bonds is 6. The summed E-state index contributed by atoms with van der Waals surface area (Å²) in [6.07, 6.45) is 3.84. The first-order chi connectivity index (χ1) is 16.6. The molecular formula is C29H35N3O3. The minimum Gasteiger partial charge on any atom is -0.390 e. The van der Waals surface area contributed by atoms with E-state index >= 15 is 0 Å². The Hall–Kier alpha value is -3.38. The zero-order chi connectivity index (χ0) is 25.2. The molecular weight excluding hydrogens is 438 g/mol. The lowest BCUT2D eigenvalue weighted by molar-refractivity contribution is 0.0357. The Balaban J connectivity index is 1.57. The van der Waals surface area contributed by atoms with E-state index in [1.165, 1.54) is 0 Å². The topological polar surface area (TPSA) is 74.6 Å². The van der Waals surface area contributed by atoms with E-state index in [9.17, 15) is 14.7 Å². The molecule has 0 aliphatic carbocycles. The lowest BCUT2D eigenvalue weighted by Crippen LogP contribution is -2.52. The number of hydrogen-bond acceptors (Lipinski definition) is 3. The fraction of sp³-hybridized carbons (Fsp3) is 0.379. The summed E-state index contributed by atoms with van der Waals surface area (Å²) in [5, 5.41) is 14.0. The molecule has 0 spiro atoms. The fourth-order valence-electron chi connectivity index (χ4n) is 5.21. The molecule has 1 saturated heterocycles. The van der Waals surface area contributed by atoms with Crippen molar-refractivity contribution in [3.63, 3.8) is 0 Å². The molecule has 0 unspecified atom stereocenters. The number of pyridine rings is 1. The molecule has 0 radical (unpaired) electrons. The van der Waals surface area contributed by atoms with E-state index in [0.29, 0.717) is 13.0 Å². The summed E-state index contributed by atoms with van der Waals surface area (Å²) < 4.78 is 1.57. The third-order valence-electron chi connectivity index (χ3n) is 6.95. The second-order valence-electron chi connectivity index (χ2n) is 10.3. The molecule has 1 aliphatic heterocycles. The summed E-state index contributed by atoms with van der Waals surface area (Å²) in [6.45, 7) is 6.27. The van der Waals surface area contributed by atoms with Gasteiger partial charge in [0.25, 0.3) is 0 Å². The maximum absolute atomic E-state index is 13.6. The summed E-state index contributed by atoms with van der Waals surface area (Å²) in [6, 6.07) is 21.3. The Morgan fingerprint density at radius 2 is 1.66 bits per heavy atom. The molecule has 184 valence electrons. The van der Waals surface area contributed by atoms with Crippen molar-refractivity contribution in [3.05, 3.63) is 94.4 Å². The maximum atomic E-state index is 13.6. The minimum absolute atomic E-state index is 0.0395. The minimum atomic E-state index is -0.930. The Morgan fingerprint density at radius 1 is 1.00 bits per heavy atom. The van der Waals surface area contributed by atoms with Gasteiger partial charge in [0.2, 0.25) is 5.56 Å². The number of urea groups is 1. The number of aliphatic hydroxyl groups is 1. The van der Waals surface area contributed by atoms with Crippen LogP contribution in [0.1, 0.15) is 57.2 Å². The van der Waals surface area contributed by atoms with E-state index in [4.69, 9.17) is 0 Å². The van der Waals surface area contributed by atoms with E-state index in [0.717, 1.165) is 35.1 Å². The van der Waals surface area contributed by atoms with Crippen molar-refractivity contribution in [1.82, 2.24) is 14.8 Å². The summed E-state index contributed by atoms with van der Waals surface area (Å²) >= 11 is 0. The molecule has 2 amide bonds. The van der Waals surface area contributed by atoms with Gasteiger partial charge in [-0.25, -0.2) is 4.79 Å². The van der Waals surface area contributed by atoms with Gasteiger partial charge in [-0.1, -0.05) is 54.6 Å². The van der Waals surface area contributed by atoms with Crippen molar-refractivity contribution in [1.29, 1.82) is 0 Å². The van der Waals surface area contributed by atoms with Gasteiger partial charge in [0.05, 0.1) is 17.2 Å². The zero-order valence-electron chi connectivity index (χ0n) is 21.0. The van der Waals surface area contributed by atoms with Crippen LogP contribution in [0.3, 0.4) is 0 Å². The van der Waals surface area contributed by atoms with Gasteiger partial charge in [-0.05, 0) is 61.9 Å². The highest BCUT2D eigenvalue weighted by Crippen LogP contribution is 2.38. The van der Waals surface area contributed by atoms with Crippen molar-refractivity contribution in [2.24, 2.45) is 7.05 Å². The van der Waals surface area contributed by atoms with E-state index in [-0.39, 0.29) is 17.6 Å². The van der Waals surface area contributed by atoms with Crippen LogP contribution >= 0.6 is 0 Å². The molecule has 1 aliphatic rings. The van der Waals surface area contributed by atoms with Crippen molar-refractivity contribution in [2.45, 2.75) is 57.2 Å². The Labute approximate surface area is 207 Å². The van der Waals surface area contributed by atoms with Crippen LogP contribution in [0.2, 0.25) is 0 Å². The van der Waals surface area contributed by atoms with Crippen LogP contribution in [-0.2, 0) is 12.6 Å². The van der Waals surface area contributed by atoms with Crippen molar-refractivity contribution in [3.8, 4) is 11.1 Å². The molecule has 0 bridgehead atoms. The van der Waals surface area contributed by atoms with Gasteiger partial charge in [0, 0.05) is 32.3 Å². The standard InChI is InChI=1S/C29H35N3O3/c1-21(22-11-13-23(14-12-22)24-15-16-26(33)31(4)19-24)32-18-8-17-29(30-27(32)34,20-28(2,3)35)25-9-6-5-7-10-25/h5-7,9-16,19,21,35H,8,17-18,20H2,1-4H3,(H,30,34)/t21-,29-/m0/s1. The molecule has 6 heteroatoms. The number of nitrogens with one attached hydrogen (secondary N) is 1. The predicted molar refractivity (Wildman–Crippen MR) is 139 cm³/mol. The molecule has 2 N–H and O–H groups in total. The summed E-state index contributed by atoms with van der Waals surface area (Å²) in [7, 11) is 1.74. The van der Waals surface area contributed by atoms with Crippen LogP contribution in [0.4, 0.5) is 4.79 Å². The highest BCUT2D eigenvalue weighted by Gasteiger charge is 2.41. The smallest absolute Gasteiger partial charge is 0.318 e. The molecule has 2 aromatic carbocycles. The monoisotopic (exact) mass is 473 g/mol. The third kappa shape index (κ3) is 5.49. The van der Waals surface area contributed by atoms with Gasteiger partial charge in [0.15, 0.2) is 0 Å². The number of carbonyl (C=O) groups excluding carboxylic acids is 1. The van der Waals surface area contributed by atoms with E-state index < -0.39 is 11.1 Å². The SMILES string of the molecule is C[C@@H](c1ccc(-c2ccc(=O)n(C)c2)cc1)N1CCC[C@](CC(C)(C)O)(c2ccccc2)NC1=O. The number of amides is 2. The van der Waals surface area contributed by atoms with E-state index in [1.54, 1.807) is 31.5 Å². The number of aryl methyl sites for hydroxylation is 1. The average molecular weight is 474 g/mol. The van der Waals surface area contributed by atoms with Crippen LogP contribution in [0.5, 0.6) is 0 Å². The lowest BCUT2D eigenvalue weighted by Gasteiger charge is -2.39.